The Morgan fingerprint density at radius 2 is 1.77 bits per heavy atom. The number of carbonyl (C=O) groups excluding carboxylic acids is 1. The van der Waals surface area contributed by atoms with E-state index in [1.165, 1.54) is 11.1 Å². The highest BCUT2D eigenvalue weighted by molar-refractivity contribution is 5.80. The van der Waals surface area contributed by atoms with Crippen molar-refractivity contribution in [1.29, 1.82) is 0 Å². The number of aryl methyl sites for hydroxylation is 3. The second-order valence-electron chi connectivity index (χ2n) is 11.0. The number of hydrogen-bond acceptors (Lipinski definition) is 7. The summed E-state index contributed by atoms with van der Waals surface area (Å²) in [5.74, 6) is 0.687. The number of benzene rings is 2. The van der Waals surface area contributed by atoms with Crippen molar-refractivity contribution >= 4 is 28.6 Å². The highest BCUT2D eigenvalue weighted by atomic mass is 16.3. The molecule has 5 rings (SSSR count). The van der Waals surface area contributed by atoms with E-state index in [0.29, 0.717) is 31.7 Å². The summed E-state index contributed by atoms with van der Waals surface area (Å²) in [4.78, 5) is 23.0. The SMILES string of the molecule is Cc1cc(C)cc(NCc2ccc3nc(NC4CCN(CCC(N)=O)CC4)n(Cc4nc(C)ccc4O)c3c2)c1. The van der Waals surface area contributed by atoms with Crippen molar-refractivity contribution in [1.82, 2.24) is 19.4 Å². The fraction of sp³-hybridized carbons (Fsp3) is 0.387. The van der Waals surface area contributed by atoms with Crippen LogP contribution in [0.5, 0.6) is 5.75 Å². The summed E-state index contributed by atoms with van der Waals surface area (Å²) >= 11 is 0. The van der Waals surface area contributed by atoms with Crippen LogP contribution >= 0.6 is 0 Å². The number of imidazole rings is 1. The van der Waals surface area contributed by atoms with E-state index in [4.69, 9.17) is 10.7 Å². The normalized spacial score (nSPS) is 14.5. The molecule has 0 radical (unpaired) electrons. The number of amides is 1. The van der Waals surface area contributed by atoms with Crippen LogP contribution in [0.4, 0.5) is 11.6 Å². The van der Waals surface area contributed by atoms with E-state index >= 15 is 0 Å². The first-order valence-corrected chi connectivity index (χ1v) is 14.0. The van der Waals surface area contributed by atoms with Gasteiger partial charge in [0.1, 0.15) is 11.4 Å². The molecule has 2 aromatic carbocycles. The molecule has 1 amide bonds. The Balaban J connectivity index is 1.39. The summed E-state index contributed by atoms with van der Waals surface area (Å²) in [6.45, 7) is 9.74. The predicted molar refractivity (Wildman–Crippen MR) is 160 cm³/mol. The lowest BCUT2D eigenvalue weighted by atomic mass is 10.1. The van der Waals surface area contributed by atoms with Crippen LogP contribution in [0.1, 0.15) is 47.3 Å². The number of fused-ring (bicyclic) bond motifs is 1. The Labute approximate surface area is 235 Å². The van der Waals surface area contributed by atoms with Crippen molar-refractivity contribution in [3.05, 3.63) is 76.6 Å². The number of anilines is 2. The van der Waals surface area contributed by atoms with Crippen molar-refractivity contribution in [2.45, 2.75) is 59.2 Å². The van der Waals surface area contributed by atoms with Gasteiger partial charge in [-0.3, -0.25) is 9.78 Å². The minimum absolute atomic E-state index is 0.175. The smallest absolute Gasteiger partial charge is 0.218 e. The molecule has 5 N–H and O–H groups in total. The van der Waals surface area contributed by atoms with Crippen molar-refractivity contribution in [3.63, 3.8) is 0 Å². The van der Waals surface area contributed by atoms with Gasteiger partial charge in [-0.1, -0.05) is 12.1 Å². The summed E-state index contributed by atoms with van der Waals surface area (Å²) < 4.78 is 2.12. The van der Waals surface area contributed by atoms with Gasteiger partial charge in [0.05, 0.1) is 17.6 Å². The van der Waals surface area contributed by atoms with Gasteiger partial charge in [0, 0.05) is 50.0 Å². The zero-order valence-corrected chi connectivity index (χ0v) is 23.6. The molecule has 0 saturated carbocycles. The van der Waals surface area contributed by atoms with E-state index in [1.54, 1.807) is 6.07 Å². The number of nitrogens with one attached hydrogen (secondary N) is 2. The molecule has 0 bridgehead atoms. The van der Waals surface area contributed by atoms with E-state index in [9.17, 15) is 9.90 Å². The fourth-order valence-corrected chi connectivity index (χ4v) is 5.45. The standard InChI is InChI=1S/C31H39N7O2/c1-20-14-21(2)16-25(15-20)33-18-23-5-6-26-28(17-23)38(19-27-29(39)7-4-22(3)34-27)31(36-26)35-24-8-11-37(12-9-24)13-10-30(32)40/h4-7,14-17,24,33,39H,8-13,18-19H2,1-3H3,(H2,32,40)(H,35,36). The molecule has 1 aliphatic rings. The molecule has 9 heteroatoms. The van der Waals surface area contributed by atoms with Crippen LogP contribution in [0.25, 0.3) is 11.0 Å². The molecule has 40 heavy (non-hydrogen) atoms. The Hall–Kier alpha value is -4.11. The molecule has 0 atom stereocenters. The maximum absolute atomic E-state index is 11.2. The van der Waals surface area contributed by atoms with Crippen LogP contribution in [0, 0.1) is 20.8 Å². The molecule has 0 aliphatic carbocycles. The Bertz CT molecular complexity index is 1490. The van der Waals surface area contributed by atoms with Crippen LogP contribution in [0.2, 0.25) is 0 Å². The van der Waals surface area contributed by atoms with Gasteiger partial charge in [0.15, 0.2) is 0 Å². The summed E-state index contributed by atoms with van der Waals surface area (Å²) in [6, 6.07) is 16.6. The Morgan fingerprint density at radius 1 is 1.02 bits per heavy atom. The van der Waals surface area contributed by atoms with E-state index in [2.05, 4.69) is 75.3 Å². The molecule has 9 nitrogen and oxygen atoms in total. The first-order valence-electron chi connectivity index (χ1n) is 14.0. The average molecular weight is 542 g/mol. The van der Waals surface area contributed by atoms with Gasteiger partial charge < -0.3 is 30.9 Å². The molecule has 1 saturated heterocycles. The summed E-state index contributed by atoms with van der Waals surface area (Å²) in [5.41, 5.74) is 13.4. The third-order valence-electron chi connectivity index (χ3n) is 7.52. The Kier molecular flexibility index (Phi) is 8.21. The van der Waals surface area contributed by atoms with E-state index < -0.39 is 0 Å². The van der Waals surface area contributed by atoms with E-state index in [1.807, 2.05) is 13.0 Å². The molecule has 1 fully saturated rings. The topological polar surface area (TPSA) is 121 Å². The van der Waals surface area contributed by atoms with Crippen molar-refractivity contribution in [2.24, 2.45) is 5.73 Å². The number of primary amides is 1. The molecular formula is C31H39N7O2. The van der Waals surface area contributed by atoms with Gasteiger partial charge in [-0.25, -0.2) is 4.98 Å². The zero-order valence-electron chi connectivity index (χ0n) is 23.6. The minimum atomic E-state index is -0.259. The number of nitrogens with zero attached hydrogens (tertiary/aromatic N) is 4. The zero-order chi connectivity index (χ0) is 28.2. The maximum Gasteiger partial charge on any atom is 0.218 e. The van der Waals surface area contributed by atoms with Crippen LogP contribution in [0.15, 0.2) is 48.5 Å². The number of likely N-dealkylation sites (tertiary alicyclic amines) is 1. The number of rotatable bonds is 10. The quantitative estimate of drug-likeness (QED) is 0.234. The van der Waals surface area contributed by atoms with E-state index in [0.717, 1.165) is 59.9 Å². The summed E-state index contributed by atoms with van der Waals surface area (Å²) in [6.07, 6.45) is 2.28. The number of hydrogen-bond donors (Lipinski definition) is 4. The molecule has 0 spiro atoms. The van der Waals surface area contributed by atoms with Crippen molar-refractivity contribution in [3.8, 4) is 5.75 Å². The number of aromatic nitrogens is 3. The highest BCUT2D eigenvalue weighted by Gasteiger charge is 2.22. The van der Waals surface area contributed by atoms with Crippen molar-refractivity contribution < 1.29 is 9.90 Å². The van der Waals surface area contributed by atoms with Crippen LogP contribution in [-0.2, 0) is 17.9 Å². The lowest BCUT2D eigenvalue weighted by Crippen LogP contribution is -2.40. The third-order valence-corrected chi connectivity index (χ3v) is 7.52. The van der Waals surface area contributed by atoms with Crippen LogP contribution < -0.4 is 16.4 Å². The molecule has 2 aromatic heterocycles. The van der Waals surface area contributed by atoms with Gasteiger partial charge in [0.25, 0.3) is 0 Å². The molecule has 0 unspecified atom stereocenters. The molecule has 3 heterocycles. The maximum atomic E-state index is 11.2. The first-order chi connectivity index (χ1) is 19.2. The third kappa shape index (κ3) is 6.71. The van der Waals surface area contributed by atoms with Gasteiger partial charge in [-0.2, -0.15) is 0 Å². The molecular weight excluding hydrogens is 502 g/mol. The second kappa shape index (κ2) is 12.0. The molecule has 210 valence electrons. The lowest BCUT2D eigenvalue weighted by Gasteiger charge is -2.32. The number of carbonyl (C=O) groups is 1. The minimum Gasteiger partial charge on any atom is -0.506 e. The number of nitrogens with two attached hydrogens (primary N) is 1. The lowest BCUT2D eigenvalue weighted by molar-refractivity contribution is -0.118. The largest absolute Gasteiger partial charge is 0.506 e. The van der Waals surface area contributed by atoms with E-state index in [-0.39, 0.29) is 17.7 Å². The van der Waals surface area contributed by atoms with Gasteiger partial charge >= 0.3 is 0 Å². The fourth-order valence-electron chi connectivity index (χ4n) is 5.45. The Morgan fingerprint density at radius 3 is 2.50 bits per heavy atom. The highest BCUT2D eigenvalue weighted by Crippen LogP contribution is 2.27. The molecule has 1 aliphatic heterocycles. The van der Waals surface area contributed by atoms with Crippen LogP contribution in [0.3, 0.4) is 0 Å². The number of pyridine rings is 1. The first kappa shape index (κ1) is 27.5. The summed E-state index contributed by atoms with van der Waals surface area (Å²) in [7, 11) is 0. The monoisotopic (exact) mass is 541 g/mol. The summed E-state index contributed by atoms with van der Waals surface area (Å²) in [5, 5.41) is 17.8. The molecule has 4 aromatic rings. The van der Waals surface area contributed by atoms with Gasteiger partial charge in [-0.05, 0) is 86.7 Å². The van der Waals surface area contributed by atoms with Gasteiger partial charge in [0.2, 0.25) is 11.9 Å². The second-order valence-corrected chi connectivity index (χ2v) is 11.0. The van der Waals surface area contributed by atoms with Gasteiger partial charge in [-0.15, -0.1) is 0 Å². The average Bonchev–Trinajstić information content (AvgIpc) is 3.24. The van der Waals surface area contributed by atoms with Crippen LogP contribution in [-0.4, -0.2) is 56.1 Å². The number of aromatic hydroxyl groups is 1. The van der Waals surface area contributed by atoms with Crippen molar-refractivity contribution in [2.75, 3.05) is 30.3 Å². The number of piperidine rings is 1. The predicted octanol–water partition coefficient (Wildman–Crippen LogP) is 4.47.